The van der Waals surface area contributed by atoms with Crippen LogP contribution in [0.2, 0.25) is 0 Å². The van der Waals surface area contributed by atoms with Gasteiger partial charge in [0.1, 0.15) is 0 Å². The lowest BCUT2D eigenvalue weighted by Gasteiger charge is -2.33. The van der Waals surface area contributed by atoms with E-state index in [0.29, 0.717) is 18.4 Å². The van der Waals surface area contributed by atoms with Crippen molar-refractivity contribution in [3.63, 3.8) is 0 Å². The van der Waals surface area contributed by atoms with Crippen LogP contribution in [0.5, 0.6) is 0 Å². The Hall–Kier alpha value is -0.130. The molecule has 5 heteroatoms. The number of primary sulfonamides is 1. The molecule has 0 saturated heterocycles. The predicted molar refractivity (Wildman–Crippen MR) is 66.6 cm³/mol. The van der Waals surface area contributed by atoms with Crippen molar-refractivity contribution in [3.8, 4) is 0 Å². The van der Waals surface area contributed by atoms with Crippen molar-refractivity contribution in [3.05, 3.63) is 0 Å². The molecular weight excluding hydrogens is 224 g/mol. The monoisotopic (exact) mass is 248 g/mol. The third-order valence-corrected chi connectivity index (χ3v) is 4.33. The van der Waals surface area contributed by atoms with Crippen LogP contribution in [0.4, 0.5) is 0 Å². The van der Waals surface area contributed by atoms with E-state index in [4.69, 9.17) is 5.14 Å². The Morgan fingerprint density at radius 3 is 2.62 bits per heavy atom. The van der Waals surface area contributed by atoms with E-state index >= 15 is 0 Å². The van der Waals surface area contributed by atoms with Crippen LogP contribution in [0.1, 0.15) is 39.5 Å². The molecule has 3 unspecified atom stereocenters. The average molecular weight is 248 g/mol. The number of sulfonamides is 1. The molecule has 0 spiro atoms. The number of nitrogens with one attached hydrogen (secondary N) is 1. The van der Waals surface area contributed by atoms with Crippen LogP contribution in [-0.4, -0.2) is 26.8 Å². The minimum atomic E-state index is -3.29. The number of nitrogens with two attached hydrogens (primary N) is 1. The van der Waals surface area contributed by atoms with E-state index in [1.807, 2.05) is 0 Å². The molecule has 0 aromatic carbocycles. The molecule has 3 N–H and O–H groups in total. The van der Waals surface area contributed by atoms with E-state index in [-0.39, 0.29) is 5.75 Å². The summed E-state index contributed by atoms with van der Waals surface area (Å²) in [4.78, 5) is 0. The highest BCUT2D eigenvalue weighted by Crippen LogP contribution is 2.28. The highest BCUT2D eigenvalue weighted by atomic mass is 32.2. The molecule has 16 heavy (non-hydrogen) atoms. The van der Waals surface area contributed by atoms with Crippen molar-refractivity contribution in [2.24, 2.45) is 17.0 Å². The summed E-state index contributed by atoms with van der Waals surface area (Å²) in [7, 11) is -3.29. The van der Waals surface area contributed by atoms with Crippen LogP contribution in [0, 0.1) is 11.8 Å². The average Bonchev–Trinajstić information content (AvgIpc) is 2.16. The molecule has 1 aliphatic carbocycles. The normalized spacial score (nSPS) is 31.6. The van der Waals surface area contributed by atoms with Crippen LogP contribution in [0.3, 0.4) is 0 Å². The van der Waals surface area contributed by atoms with E-state index in [1.54, 1.807) is 0 Å². The van der Waals surface area contributed by atoms with E-state index in [1.165, 1.54) is 19.3 Å². The van der Waals surface area contributed by atoms with Gasteiger partial charge >= 0.3 is 0 Å². The first kappa shape index (κ1) is 13.9. The summed E-state index contributed by atoms with van der Waals surface area (Å²) in [6.45, 7) is 5.30. The Morgan fingerprint density at radius 2 is 2.00 bits per heavy atom. The van der Waals surface area contributed by atoms with Gasteiger partial charge in [0.2, 0.25) is 10.0 Å². The maximum Gasteiger partial charge on any atom is 0.209 e. The summed E-state index contributed by atoms with van der Waals surface area (Å²) in [6, 6.07) is 0.546. The quantitative estimate of drug-likeness (QED) is 0.715. The second kappa shape index (κ2) is 5.98. The molecular formula is C11H24N2O2S. The van der Waals surface area contributed by atoms with E-state index in [2.05, 4.69) is 19.2 Å². The standard InChI is InChI=1S/C11H24N2O2S/c1-9-4-5-10(2)11(8-9)13-6-3-7-16(12,14)15/h9-11,13H,3-8H2,1-2H3,(H2,12,14,15). The first-order valence-corrected chi connectivity index (χ1v) is 7.84. The van der Waals surface area contributed by atoms with Gasteiger partial charge in [-0.25, -0.2) is 13.6 Å². The van der Waals surface area contributed by atoms with Crippen LogP contribution < -0.4 is 10.5 Å². The van der Waals surface area contributed by atoms with Crippen molar-refractivity contribution in [1.82, 2.24) is 5.32 Å². The van der Waals surface area contributed by atoms with Gasteiger partial charge in [0.15, 0.2) is 0 Å². The second-order valence-electron chi connectivity index (χ2n) is 5.18. The van der Waals surface area contributed by atoms with Crippen molar-refractivity contribution in [2.75, 3.05) is 12.3 Å². The zero-order valence-corrected chi connectivity index (χ0v) is 11.1. The molecule has 1 fully saturated rings. The number of rotatable bonds is 5. The molecule has 0 aromatic rings. The van der Waals surface area contributed by atoms with Crippen LogP contribution in [0.25, 0.3) is 0 Å². The van der Waals surface area contributed by atoms with E-state index in [0.717, 1.165) is 12.5 Å². The molecule has 0 aromatic heterocycles. The molecule has 0 amide bonds. The van der Waals surface area contributed by atoms with Crippen molar-refractivity contribution in [1.29, 1.82) is 0 Å². The molecule has 4 nitrogen and oxygen atoms in total. The summed E-state index contributed by atoms with van der Waals surface area (Å²) in [5, 5.41) is 8.40. The minimum absolute atomic E-state index is 0.0800. The van der Waals surface area contributed by atoms with Gasteiger partial charge in [-0.2, -0.15) is 0 Å². The lowest BCUT2D eigenvalue weighted by atomic mass is 9.80. The predicted octanol–water partition coefficient (Wildman–Crippen LogP) is 1.08. The third-order valence-electron chi connectivity index (χ3n) is 3.47. The van der Waals surface area contributed by atoms with Gasteiger partial charge in [-0.3, -0.25) is 0 Å². The molecule has 1 saturated carbocycles. The zero-order chi connectivity index (χ0) is 12.2. The first-order valence-electron chi connectivity index (χ1n) is 6.12. The highest BCUT2D eigenvalue weighted by molar-refractivity contribution is 7.89. The molecule has 1 aliphatic rings. The van der Waals surface area contributed by atoms with Crippen LogP contribution in [0.15, 0.2) is 0 Å². The summed E-state index contributed by atoms with van der Waals surface area (Å²) in [6.07, 6.45) is 4.40. The molecule has 0 aliphatic heterocycles. The maximum atomic E-state index is 10.7. The molecule has 1 rings (SSSR count). The fourth-order valence-corrected chi connectivity index (χ4v) is 2.92. The minimum Gasteiger partial charge on any atom is -0.314 e. The zero-order valence-electron chi connectivity index (χ0n) is 10.3. The summed E-state index contributed by atoms with van der Waals surface area (Å²) >= 11 is 0. The lowest BCUT2D eigenvalue weighted by Crippen LogP contribution is -2.40. The highest BCUT2D eigenvalue weighted by Gasteiger charge is 2.24. The molecule has 96 valence electrons. The maximum absolute atomic E-state index is 10.7. The Bertz CT molecular complexity index is 303. The first-order chi connectivity index (χ1) is 7.38. The summed E-state index contributed by atoms with van der Waals surface area (Å²) in [5.74, 6) is 1.56. The van der Waals surface area contributed by atoms with Crippen molar-refractivity contribution < 1.29 is 8.42 Å². The fraction of sp³-hybridized carbons (Fsp3) is 1.00. The van der Waals surface area contributed by atoms with Gasteiger partial charge < -0.3 is 5.32 Å². The second-order valence-corrected chi connectivity index (χ2v) is 6.91. The Labute approximate surface area is 99.0 Å². The molecule has 0 radical (unpaired) electrons. The molecule has 0 bridgehead atoms. The van der Waals surface area contributed by atoms with E-state index < -0.39 is 10.0 Å². The smallest absolute Gasteiger partial charge is 0.209 e. The van der Waals surface area contributed by atoms with Crippen LogP contribution in [-0.2, 0) is 10.0 Å². The van der Waals surface area contributed by atoms with Crippen molar-refractivity contribution >= 4 is 10.0 Å². The number of hydrogen-bond acceptors (Lipinski definition) is 3. The largest absolute Gasteiger partial charge is 0.314 e. The van der Waals surface area contributed by atoms with E-state index in [9.17, 15) is 8.42 Å². The Morgan fingerprint density at radius 1 is 1.31 bits per heavy atom. The molecule has 3 atom stereocenters. The fourth-order valence-electron chi connectivity index (χ4n) is 2.38. The van der Waals surface area contributed by atoms with Crippen LogP contribution >= 0.6 is 0 Å². The Balaban J connectivity index is 2.21. The summed E-state index contributed by atoms with van der Waals surface area (Å²) in [5.41, 5.74) is 0. The van der Waals surface area contributed by atoms with Gasteiger partial charge in [0.05, 0.1) is 5.75 Å². The van der Waals surface area contributed by atoms with Gasteiger partial charge in [-0.15, -0.1) is 0 Å². The van der Waals surface area contributed by atoms with Gasteiger partial charge in [-0.05, 0) is 37.6 Å². The van der Waals surface area contributed by atoms with Gasteiger partial charge in [-0.1, -0.05) is 20.3 Å². The topological polar surface area (TPSA) is 72.2 Å². The summed E-state index contributed by atoms with van der Waals surface area (Å²) < 4.78 is 21.5. The molecule has 0 heterocycles. The van der Waals surface area contributed by atoms with Crippen molar-refractivity contribution in [2.45, 2.75) is 45.6 Å². The van der Waals surface area contributed by atoms with Gasteiger partial charge in [0, 0.05) is 6.04 Å². The lowest BCUT2D eigenvalue weighted by molar-refractivity contribution is 0.229. The number of hydrogen-bond donors (Lipinski definition) is 2. The van der Waals surface area contributed by atoms with Gasteiger partial charge in [0.25, 0.3) is 0 Å². The third kappa shape index (κ3) is 5.27. The SMILES string of the molecule is CC1CCC(C)C(NCCCS(N)(=O)=O)C1. The Kier molecular flexibility index (Phi) is 5.21.